The van der Waals surface area contributed by atoms with Gasteiger partial charge in [0, 0.05) is 30.9 Å². The first kappa shape index (κ1) is 28.9. The van der Waals surface area contributed by atoms with E-state index in [0.29, 0.717) is 21.3 Å². The summed E-state index contributed by atoms with van der Waals surface area (Å²) in [6.45, 7) is 4.51. The van der Waals surface area contributed by atoms with Crippen LogP contribution in [0.1, 0.15) is 43.9 Å². The molecule has 14 heteroatoms. The molecule has 1 saturated heterocycles. The van der Waals surface area contributed by atoms with E-state index in [2.05, 4.69) is 20.6 Å². The number of sulfone groups is 1. The van der Waals surface area contributed by atoms with Crippen molar-refractivity contribution in [3.05, 3.63) is 47.5 Å². The summed E-state index contributed by atoms with van der Waals surface area (Å²) < 4.78 is 46.9. The number of carbonyl (C=O) groups excluding carboxylic acids is 3. The van der Waals surface area contributed by atoms with Gasteiger partial charge in [-0.2, -0.15) is 4.39 Å². The second kappa shape index (κ2) is 11.0. The minimum absolute atomic E-state index is 0.0465. The number of aromatic nitrogens is 2. The number of nitrogens with zero attached hydrogens (tertiary/aromatic N) is 3. The van der Waals surface area contributed by atoms with Gasteiger partial charge in [-0.05, 0) is 63.4 Å². The van der Waals surface area contributed by atoms with Gasteiger partial charge < -0.3 is 20.3 Å². The summed E-state index contributed by atoms with van der Waals surface area (Å²) in [5.74, 6) is -1.88. The SMILES string of the molecule is CC(C)(C)OC(=O)N1CC(S(=O)(=O)C(C(=O)NCC(=O)NC2CC2)c2nc3ccc(-c4ccc(F)nc4)cc3s2)C1. The summed E-state index contributed by atoms with van der Waals surface area (Å²) in [6, 6.07) is 8.10. The number of carbonyl (C=O) groups is 3. The van der Waals surface area contributed by atoms with Crippen molar-refractivity contribution < 1.29 is 31.9 Å². The summed E-state index contributed by atoms with van der Waals surface area (Å²) in [5.41, 5.74) is 1.11. The average molecular weight is 604 g/mol. The number of amides is 3. The molecule has 0 radical (unpaired) electrons. The number of likely N-dealkylation sites (tertiary alicyclic amines) is 1. The second-order valence-corrected chi connectivity index (χ2v) is 14.5. The summed E-state index contributed by atoms with van der Waals surface area (Å²) in [7, 11) is -4.20. The first-order valence-electron chi connectivity index (χ1n) is 13.1. The molecule has 3 amide bonds. The molecule has 1 aliphatic heterocycles. The highest BCUT2D eigenvalue weighted by atomic mass is 32.2. The third-order valence-electron chi connectivity index (χ3n) is 6.59. The summed E-state index contributed by atoms with van der Waals surface area (Å²) in [4.78, 5) is 47.4. The molecule has 2 N–H and O–H groups in total. The van der Waals surface area contributed by atoms with Crippen molar-refractivity contribution in [2.45, 2.75) is 55.8 Å². The van der Waals surface area contributed by atoms with Crippen LogP contribution in [-0.4, -0.2) is 77.7 Å². The third-order valence-corrected chi connectivity index (χ3v) is 10.1. The van der Waals surface area contributed by atoms with Gasteiger partial charge in [0.05, 0.1) is 22.0 Å². The summed E-state index contributed by atoms with van der Waals surface area (Å²) in [5, 5.41) is 2.56. The number of thiazole rings is 1. The lowest BCUT2D eigenvalue weighted by Crippen LogP contribution is -2.59. The van der Waals surface area contributed by atoms with Crippen molar-refractivity contribution in [3.63, 3.8) is 0 Å². The van der Waals surface area contributed by atoms with Gasteiger partial charge in [-0.1, -0.05) is 6.07 Å². The van der Waals surface area contributed by atoms with Crippen LogP contribution in [0.2, 0.25) is 0 Å². The molecule has 5 rings (SSSR count). The van der Waals surface area contributed by atoms with Crippen LogP contribution in [0.15, 0.2) is 36.5 Å². The van der Waals surface area contributed by atoms with Crippen molar-refractivity contribution in [1.29, 1.82) is 0 Å². The maximum atomic E-state index is 13.8. The topological polar surface area (TPSA) is 148 Å². The van der Waals surface area contributed by atoms with Crippen LogP contribution in [-0.2, 0) is 24.2 Å². The Morgan fingerprint density at radius 2 is 1.85 bits per heavy atom. The minimum Gasteiger partial charge on any atom is -0.444 e. The zero-order valence-corrected chi connectivity index (χ0v) is 24.4. The van der Waals surface area contributed by atoms with Gasteiger partial charge in [0.25, 0.3) is 0 Å². The van der Waals surface area contributed by atoms with E-state index in [1.54, 1.807) is 45.0 Å². The Bertz CT molecular complexity index is 1590. The molecular formula is C27H30FN5O6S2. The highest BCUT2D eigenvalue weighted by Crippen LogP contribution is 2.37. The highest BCUT2D eigenvalue weighted by Gasteiger charge is 2.49. The van der Waals surface area contributed by atoms with Gasteiger partial charge >= 0.3 is 6.09 Å². The van der Waals surface area contributed by atoms with Crippen molar-refractivity contribution in [1.82, 2.24) is 25.5 Å². The number of hydrogen-bond acceptors (Lipinski definition) is 9. The standard InChI is InChI=1S/C27H30FN5O6S2/c1-27(2,3)39-26(36)33-13-18(14-33)41(37,38)23(24(35)30-12-22(34)31-17-6-7-17)25-32-19-8-4-15(10-20(19)40-25)16-5-9-21(28)29-11-16/h4-5,8-11,17-18,23H,6-7,12-14H2,1-3H3,(H,30,35)(H,31,34). The van der Waals surface area contributed by atoms with Gasteiger partial charge in [0.2, 0.25) is 17.8 Å². The first-order valence-corrected chi connectivity index (χ1v) is 15.5. The fourth-order valence-electron chi connectivity index (χ4n) is 4.26. The predicted molar refractivity (Wildman–Crippen MR) is 150 cm³/mol. The Morgan fingerprint density at radius 3 is 2.49 bits per heavy atom. The molecule has 1 aromatic carbocycles. The first-order chi connectivity index (χ1) is 19.3. The molecule has 11 nitrogen and oxygen atoms in total. The highest BCUT2D eigenvalue weighted by molar-refractivity contribution is 7.93. The molecule has 1 saturated carbocycles. The third kappa shape index (κ3) is 6.64. The molecule has 3 aromatic rings. The number of rotatable bonds is 8. The largest absolute Gasteiger partial charge is 0.444 e. The maximum Gasteiger partial charge on any atom is 0.410 e. The zero-order chi connectivity index (χ0) is 29.5. The fourth-order valence-corrected chi connectivity index (χ4v) is 7.67. The second-order valence-electron chi connectivity index (χ2n) is 11.1. The van der Waals surface area contributed by atoms with Gasteiger partial charge in [-0.25, -0.2) is 23.2 Å². The molecular weight excluding hydrogens is 573 g/mol. The Morgan fingerprint density at radius 1 is 1.15 bits per heavy atom. The van der Waals surface area contributed by atoms with Crippen LogP contribution in [0.25, 0.3) is 21.3 Å². The van der Waals surface area contributed by atoms with E-state index in [1.807, 2.05) is 0 Å². The number of ether oxygens (including phenoxy) is 1. The molecule has 3 heterocycles. The van der Waals surface area contributed by atoms with Gasteiger partial charge in [0.15, 0.2) is 15.1 Å². The van der Waals surface area contributed by atoms with Gasteiger partial charge in [-0.3, -0.25) is 9.59 Å². The lowest BCUT2D eigenvalue weighted by atomic mass is 10.1. The number of fused-ring (bicyclic) bond motifs is 1. The molecule has 2 aromatic heterocycles. The van der Waals surface area contributed by atoms with E-state index in [9.17, 15) is 27.2 Å². The molecule has 1 unspecified atom stereocenters. The molecule has 1 atom stereocenters. The fraction of sp³-hybridized carbons (Fsp3) is 0.444. The van der Waals surface area contributed by atoms with E-state index >= 15 is 0 Å². The van der Waals surface area contributed by atoms with Gasteiger partial charge in [0.1, 0.15) is 10.6 Å². The Balaban J connectivity index is 1.41. The number of hydrogen-bond donors (Lipinski definition) is 2. The molecule has 1 aliphatic carbocycles. The molecule has 0 bridgehead atoms. The molecule has 218 valence electrons. The van der Waals surface area contributed by atoms with E-state index in [-0.39, 0.29) is 30.7 Å². The van der Waals surface area contributed by atoms with Crippen molar-refractivity contribution in [3.8, 4) is 11.1 Å². The van der Waals surface area contributed by atoms with E-state index in [4.69, 9.17) is 4.74 Å². The smallest absolute Gasteiger partial charge is 0.410 e. The van der Waals surface area contributed by atoms with Crippen molar-refractivity contribution in [2.75, 3.05) is 19.6 Å². The lowest BCUT2D eigenvalue weighted by molar-refractivity contribution is -0.126. The van der Waals surface area contributed by atoms with Gasteiger partial charge in [-0.15, -0.1) is 11.3 Å². The normalized spacial score (nSPS) is 16.6. The molecule has 41 heavy (non-hydrogen) atoms. The van der Waals surface area contributed by atoms with Crippen LogP contribution in [0.5, 0.6) is 0 Å². The van der Waals surface area contributed by atoms with Crippen LogP contribution in [0, 0.1) is 5.95 Å². The monoisotopic (exact) mass is 603 g/mol. The van der Waals surface area contributed by atoms with Crippen LogP contribution < -0.4 is 10.6 Å². The summed E-state index contributed by atoms with van der Waals surface area (Å²) >= 11 is 1.04. The van der Waals surface area contributed by atoms with E-state index < -0.39 is 49.8 Å². The Kier molecular flexibility index (Phi) is 7.72. The number of pyridine rings is 1. The number of halogens is 1. The van der Waals surface area contributed by atoms with Crippen molar-refractivity contribution in [2.24, 2.45) is 0 Å². The number of nitrogens with one attached hydrogen (secondary N) is 2. The van der Waals surface area contributed by atoms with Crippen LogP contribution >= 0.6 is 11.3 Å². The van der Waals surface area contributed by atoms with Crippen LogP contribution in [0.3, 0.4) is 0 Å². The molecule has 2 aliphatic rings. The van der Waals surface area contributed by atoms with Crippen molar-refractivity contribution >= 4 is 49.3 Å². The predicted octanol–water partition coefficient (Wildman–Crippen LogP) is 2.97. The molecule has 2 fully saturated rings. The van der Waals surface area contributed by atoms with E-state index in [0.717, 1.165) is 24.2 Å². The minimum atomic E-state index is -4.20. The zero-order valence-electron chi connectivity index (χ0n) is 22.7. The van der Waals surface area contributed by atoms with E-state index in [1.165, 1.54) is 17.2 Å². The van der Waals surface area contributed by atoms with Crippen LogP contribution in [0.4, 0.5) is 9.18 Å². The quantitative estimate of drug-likeness (QED) is 0.374. The maximum absolute atomic E-state index is 13.8. The average Bonchev–Trinajstić information content (AvgIpc) is 3.56. The summed E-state index contributed by atoms with van der Waals surface area (Å²) in [6.07, 6.45) is 2.49. The number of benzene rings is 1. The Labute approximate surface area is 240 Å². The molecule has 0 spiro atoms. The Hall–Kier alpha value is -3.65. The lowest BCUT2D eigenvalue weighted by Gasteiger charge is -2.40.